The van der Waals surface area contributed by atoms with Gasteiger partial charge in [0.15, 0.2) is 5.69 Å². The van der Waals surface area contributed by atoms with Crippen LogP contribution in [0.15, 0.2) is 219 Å². The Bertz CT molecular complexity index is 4550. The van der Waals surface area contributed by atoms with Gasteiger partial charge >= 0.3 is 6.01 Å². The molecule has 0 fully saturated rings. The van der Waals surface area contributed by atoms with Crippen LogP contribution in [0.3, 0.4) is 0 Å². The summed E-state index contributed by atoms with van der Waals surface area (Å²) in [6.45, 7) is 15.2. The third-order valence-electron chi connectivity index (χ3n) is 13.2. The maximum Gasteiger partial charge on any atom is 0.319 e. The maximum absolute atomic E-state index is 10.6. The molecule has 0 aliphatic carbocycles. The van der Waals surface area contributed by atoms with Crippen LogP contribution < -0.4 is 0 Å². The van der Waals surface area contributed by atoms with Gasteiger partial charge < -0.3 is 27.3 Å². The van der Waals surface area contributed by atoms with Gasteiger partial charge in [-0.2, -0.15) is 6.07 Å². The Hall–Kier alpha value is -8.34. The first-order valence-corrected chi connectivity index (χ1v) is 27.9. The number of hydrogen-bond acceptors (Lipinski definition) is 12. The summed E-state index contributed by atoms with van der Waals surface area (Å²) in [6.07, 6.45) is 26.5. The summed E-state index contributed by atoms with van der Waals surface area (Å²) in [5, 5.41) is 18.0. The van der Waals surface area contributed by atoms with E-state index in [1.807, 2.05) is 150 Å². The first-order valence-electron chi connectivity index (χ1n) is 27.9. The molecule has 0 unspecified atom stereocenters. The van der Waals surface area contributed by atoms with Crippen LogP contribution in [0, 0.1) is 80.8 Å². The summed E-state index contributed by atoms with van der Waals surface area (Å²) >= 11 is 0. The van der Waals surface area contributed by atoms with E-state index in [0.29, 0.717) is 23.1 Å². The summed E-state index contributed by atoms with van der Waals surface area (Å²) in [4.78, 5) is 43.1. The van der Waals surface area contributed by atoms with E-state index in [1.54, 1.807) is 76.9 Å². The van der Waals surface area contributed by atoms with E-state index < -0.39 is 4.92 Å². The summed E-state index contributed by atoms with van der Waals surface area (Å²) in [5.74, 6) is 5.04. The second-order valence-electron chi connectivity index (χ2n) is 20.0. The number of benzene rings is 6. The van der Waals surface area contributed by atoms with Crippen molar-refractivity contribution in [1.82, 2.24) is 72.5 Å². The predicted molar refractivity (Wildman–Crippen MR) is 343 cm³/mol. The van der Waals surface area contributed by atoms with Crippen LogP contribution in [0.1, 0.15) is 22.3 Å². The molecule has 0 aliphatic heterocycles. The van der Waals surface area contributed by atoms with Crippen molar-refractivity contribution in [3.63, 3.8) is 0 Å². The third-order valence-corrected chi connectivity index (χ3v) is 13.2. The van der Waals surface area contributed by atoms with Gasteiger partial charge in [-0.25, -0.2) is 0 Å². The number of imidazole rings is 6. The Morgan fingerprint density at radius 2 is 1.01 bits per heavy atom. The van der Waals surface area contributed by atoms with Crippen LogP contribution in [-0.4, -0.2) is 77.4 Å². The Morgan fingerprint density at radius 1 is 0.500 bits per heavy atom. The van der Waals surface area contributed by atoms with Crippen molar-refractivity contribution in [1.29, 1.82) is 0 Å². The molecule has 0 N–H and O–H groups in total. The summed E-state index contributed by atoms with van der Waals surface area (Å²) in [7, 11) is 7.74. The minimum absolute atomic E-state index is 0. The SMILES string of the molecule is Cc1[c-]c(-c2nccn2C)cc(C)c1.Cc1c[c-]c(-c2nccn2C)c(C)c1.Cn1ccnc1-c1[c-]ccc([N+](=O)[O-])c1.[C-]#[N+]c1cc[c-]c(-c2nccn2C)c1.[Ir].[Ir].[Ir].[Ir].[Ir].[Ir].[c-]1ccccc1-c1nccn1-c1cccnc1.[c-]1ccccc1-c1nccn1-c1nnco1. The molecule has 0 spiro atoms. The van der Waals surface area contributed by atoms with E-state index >= 15 is 0 Å². The topological polar surface area (TPSA) is 206 Å². The predicted octanol–water partition coefficient (Wildman–Crippen LogP) is 13.7. The Labute approximate surface area is 638 Å². The minimum Gasteiger partial charge on any atom is -0.411 e. The van der Waals surface area contributed by atoms with Gasteiger partial charge in [0.1, 0.15) is 5.69 Å². The number of nitro groups is 1. The first kappa shape index (κ1) is 81.9. The van der Waals surface area contributed by atoms with Gasteiger partial charge in [0, 0.05) is 234 Å². The van der Waals surface area contributed by atoms with Crippen molar-refractivity contribution in [3.8, 4) is 80.0 Å². The molecule has 14 rings (SSSR count). The second-order valence-corrected chi connectivity index (χ2v) is 20.0. The molecule has 96 heavy (non-hydrogen) atoms. The zero-order valence-corrected chi connectivity index (χ0v) is 66.9. The van der Waals surface area contributed by atoms with Crippen molar-refractivity contribution in [3.05, 3.63) is 295 Å². The van der Waals surface area contributed by atoms with Crippen molar-refractivity contribution >= 4 is 11.4 Å². The molecule has 0 saturated carbocycles. The standard InChI is InChI=1S/C14H10N3.2C12H13N2.C11H7N4O.C11H8N3.C10H8N3O2.6Ir/c1-2-5-12(6-3-1)14-16-9-10-17(14)13-7-4-8-15-11-13;1-9-6-10(2)8-11(7-9)12-13-4-5-14(12)3;1-9-4-5-11(10(2)8-9)12-13-6-7-14(12)3;1-2-4-9(5-3-1)10-12-6-7-15(10)11-14-13-8-16-11;1-12-10-5-3-4-9(8-10)11-13-6-7-14(11)2;1-12-6-5-11-10(12)8-3-2-4-9(7-8)13(14)15;;;;;;/h1-5,7-11H;4-7H,1-3H3;4,6-8H,1-3H3;1-4,6-8H;3,5-8H,2H3;2,4-7H,1H3;;;;;;/q6*-1;;;;;;. The van der Waals surface area contributed by atoms with E-state index in [1.165, 1.54) is 41.3 Å². The van der Waals surface area contributed by atoms with Crippen LogP contribution in [0.2, 0.25) is 0 Å². The van der Waals surface area contributed by atoms with E-state index in [2.05, 4.69) is 132 Å². The molecule has 0 saturated heterocycles. The monoisotopic (exact) mass is 2340 g/mol. The van der Waals surface area contributed by atoms with E-state index in [9.17, 15) is 10.1 Å². The molecule has 0 atom stereocenters. The third kappa shape index (κ3) is 22.4. The Morgan fingerprint density at radius 3 is 1.49 bits per heavy atom. The number of hydrogen-bond donors (Lipinski definition) is 0. The fraction of sp³-hybridized carbons (Fsp3) is 0.114. The van der Waals surface area contributed by atoms with Gasteiger partial charge in [-0.15, -0.1) is 188 Å². The van der Waals surface area contributed by atoms with Crippen molar-refractivity contribution in [2.24, 2.45) is 28.2 Å². The van der Waals surface area contributed by atoms with Crippen molar-refractivity contribution < 1.29 is 130 Å². The summed E-state index contributed by atoms with van der Waals surface area (Å²) in [5.41, 5.74) is 12.0. The molecule has 6 radical (unpaired) electrons. The Kier molecular flexibility index (Phi) is 34.9. The molecule has 0 amide bonds. The number of aryl methyl sites for hydroxylation is 8. The van der Waals surface area contributed by atoms with Crippen LogP contribution >= 0.6 is 0 Å². The van der Waals surface area contributed by atoms with E-state index in [-0.39, 0.29) is 126 Å². The number of non-ortho nitro benzene ring substituents is 1. The number of pyridine rings is 1. The molecule has 502 valence electrons. The van der Waals surface area contributed by atoms with E-state index in [0.717, 1.165) is 68.2 Å². The molecular formula is C70H59Ir6N17O3-6. The average molecular weight is 2340 g/mol. The summed E-state index contributed by atoms with van der Waals surface area (Å²) in [6, 6.07) is 56.6. The molecular weight excluding hydrogens is 2280 g/mol. The van der Waals surface area contributed by atoms with Gasteiger partial charge in [0.25, 0.3) is 0 Å². The number of nitro benzene ring substituents is 1. The fourth-order valence-electron chi connectivity index (χ4n) is 9.05. The van der Waals surface area contributed by atoms with Crippen LogP contribution in [0.5, 0.6) is 0 Å². The average Bonchev–Trinajstić information content (AvgIpc) is 1.68. The molecule has 26 heteroatoms. The molecule has 0 bridgehead atoms. The molecule has 6 aromatic carbocycles. The fourth-order valence-corrected chi connectivity index (χ4v) is 9.05. The first-order chi connectivity index (χ1) is 43.7. The van der Waals surface area contributed by atoms with Crippen LogP contribution in [0.4, 0.5) is 11.4 Å². The van der Waals surface area contributed by atoms with Gasteiger partial charge in [-0.3, -0.25) is 54.4 Å². The molecule has 14 aromatic rings. The second kappa shape index (κ2) is 40.9. The largest absolute Gasteiger partial charge is 0.411 e. The van der Waals surface area contributed by atoms with Gasteiger partial charge in [-0.1, -0.05) is 44.9 Å². The molecule has 20 nitrogen and oxygen atoms in total. The van der Waals surface area contributed by atoms with Gasteiger partial charge in [0.2, 0.25) is 6.39 Å². The Balaban J connectivity index is 0.000000297. The number of rotatable bonds is 9. The zero-order chi connectivity index (χ0) is 63.4. The normalized spacial score (nSPS) is 9.66. The summed E-state index contributed by atoms with van der Waals surface area (Å²) < 4.78 is 16.5. The van der Waals surface area contributed by atoms with Gasteiger partial charge in [0.05, 0.1) is 53.4 Å². The smallest absolute Gasteiger partial charge is 0.319 e. The zero-order valence-electron chi connectivity index (χ0n) is 52.5. The van der Waals surface area contributed by atoms with Crippen molar-refractivity contribution in [2.75, 3.05) is 0 Å². The number of aromatic nitrogens is 15. The minimum atomic E-state index is -0.430. The van der Waals surface area contributed by atoms with E-state index in [4.69, 9.17) is 11.0 Å². The molecule has 8 aromatic heterocycles. The quantitative estimate of drug-likeness (QED) is 0.0752. The van der Waals surface area contributed by atoms with Crippen LogP contribution in [0.25, 0.3) is 84.9 Å². The maximum atomic E-state index is 10.6. The van der Waals surface area contributed by atoms with Crippen LogP contribution in [-0.2, 0) is 149 Å². The molecule has 0 aliphatic rings. The van der Waals surface area contributed by atoms with Crippen molar-refractivity contribution in [2.45, 2.75) is 27.7 Å². The van der Waals surface area contributed by atoms with Gasteiger partial charge in [-0.05, 0) is 12.1 Å². The number of nitrogens with zero attached hydrogens (tertiary/aromatic N) is 17. The molecule has 8 heterocycles.